The van der Waals surface area contributed by atoms with Crippen LogP contribution in [0.25, 0.3) is 0 Å². The lowest BCUT2D eigenvalue weighted by molar-refractivity contribution is 0.306. The Morgan fingerprint density at radius 2 is 2.11 bits per heavy atom. The maximum Gasteiger partial charge on any atom is 0.169 e. The molecule has 1 aromatic heterocycles. The van der Waals surface area contributed by atoms with Crippen LogP contribution in [0.2, 0.25) is 0 Å². The molecule has 2 fully saturated rings. The first kappa shape index (κ1) is 13.0. The van der Waals surface area contributed by atoms with Gasteiger partial charge in [-0.05, 0) is 50.0 Å². The number of rotatable bonds is 2. The van der Waals surface area contributed by atoms with Crippen LogP contribution in [0, 0.1) is 0 Å². The third-order valence-corrected chi connectivity index (χ3v) is 4.60. The van der Waals surface area contributed by atoms with E-state index in [1.165, 1.54) is 44.2 Å². The summed E-state index contributed by atoms with van der Waals surface area (Å²) in [5.41, 5.74) is 1.39. The molecule has 3 rings (SSSR count). The second-order valence-corrected chi connectivity index (χ2v) is 6.21. The number of thiocarbonyl (C=S) groups is 1. The summed E-state index contributed by atoms with van der Waals surface area (Å²) >= 11 is 5.65. The molecule has 2 aliphatic rings. The van der Waals surface area contributed by atoms with Gasteiger partial charge < -0.3 is 14.8 Å². The van der Waals surface area contributed by atoms with Gasteiger partial charge in [0.1, 0.15) is 0 Å². The maximum absolute atomic E-state index is 5.65. The maximum atomic E-state index is 5.65. The van der Waals surface area contributed by atoms with Crippen LogP contribution in [-0.2, 0) is 7.05 Å². The van der Waals surface area contributed by atoms with E-state index in [-0.39, 0.29) is 0 Å². The first-order valence-corrected chi connectivity index (χ1v) is 7.85. The molecule has 0 bridgehead atoms. The van der Waals surface area contributed by atoms with Gasteiger partial charge in [-0.1, -0.05) is 12.8 Å². The Labute approximate surface area is 121 Å². The second-order valence-electron chi connectivity index (χ2n) is 5.83. The van der Waals surface area contributed by atoms with Crippen LogP contribution in [0.4, 0.5) is 0 Å². The first-order valence-electron chi connectivity index (χ1n) is 7.44. The number of aryl methyl sites for hydroxylation is 1. The molecule has 0 amide bonds. The molecule has 1 aromatic rings. The standard InChI is InChI=1S/C15H23N3S/c1-17-10-5-7-13(17)14-6-3-2-4-11-18(14)15(19)16-12-8-9-12/h5,7,10,12,14H,2-4,6,8-9,11H2,1H3,(H,16,19)/t14-/m0/s1. The van der Waals surface area contributed by atoms with E-state index in [0.29, 0.717) is 12.1 Å². The van der Waals surface area contributed by atoms with Gasteiger partial charge in [-0.25, -0.2) is 0 Å². The minimum atomic E-state index is 0.446. The average molecular weight is 277 g/mol. The Morgan fingerprint density at radius 1 is 1.26 bits per heavy atom. The van der Waals surface area contributed by atoms with Crippen LogP contribution >= 0.6 is 12.2 Å². The van der Waals surface area contributed by atoms with Crippen molar-refractivity contribution in [1.82, 2.24) is 14.8 Å². The van der Waals surface area contributed by atoms with E-state index in [4.69, 9.17) is 12.2 Å². The normalized spacial score (nSPS) is 24.1. The molecule has 1 atom stereocenters. The van der Waals surface area contributed by atoms with Crippen LogP contribution in [0.5, 0.6) is 0 Å². The average Bonchev–Trinajstić information content (AvgIpc) is 3.15. The van der Waals surface area contributed by atoms with E-state index in [1.54, 1.807) is 0 Å². The Bertz CT molecular complexity index is 450. The van der Waals surface area contributed by atoms with Gasteiger partial charge in [-0.3, -0.25) is 0 Å². The molecule has 0 radical (unpaired) electrons. The van der Waals surface area contributed by atoms with E-state index in [2.05, 4.69) is 40.2 Å². The van der Waals surface area contributed by atoms with Crippen molar-refractivity contribution in [1.29, 1.82) is 0 Å². The molecule has 0 spiro atoms. The van der Waals surface area contributed by atoms with E-state index in [0.717, 1.165) is 11.7 Å². The highest BCUT2D eigenvalue weighted by molar-refractivity contribution is 7.80. The lowest BCUT2D eigenvalue weighted by Crippen LogP contribution is -2.43. The van der Waals surface area contributed by atoms with Crippen molar-refractivity contribution in [3.05, 3.63) is 24.0 Å². The number of hydrogen-bond acceptors (Lipinski definition) is 1. The molecule has 2 heterocycles. The summed E-state index contributed by atoms with van der Waals surface area (Å²) in [6, 6.07) is 5.46. The molecule has 1 saturated heterocycles. The summed E-state index contributed by atoms with van der Waals surface area (Å²) in [5, 5.41) is 4.48. The number of aromatic nitrogens is 1. The van der Waals surface area contributed by atoms with E-state index < -0.39 is 0 Å². The van der Waals surface area contributed by atoms with Crippen LogP contribution < -0.4 is 5.32 Å². The minimum Gasteiger partial charge on any atom is -0.360 e. The molecular formula is C15H23N3S. The number of likely N-dealkylation sites (tertiary alicyclic amines) is 1. The van der Waals surface area contributed by atoms with Gasteiger partial charge in [0.25, 0.3) is 0 Å². The van der Waals surface area contributed by atoms with Crippen LogP contribution in [0.15, 0.2) is 18.3 Å². The van der Waals surface area contributed by atoms with Gasteiger partial charge in [0.2, 0.25) is 0 Å². The highest BCUT2D eigenvalue weighted by atomic mass is 32.1. The van der Waals surface area contributed by atoms with Crippen molar-refractivity contribution in [2.75, 3.05) is 6.54 Å². The van der Waals surface area contributed by atoms with E-state index in [1.807, 2.05) is 0 Å². The van der Waals surface area contributed by atoms with Crippen molar-refractivity contribution < 1.29 is 0 Å². The smallest absolute Gasteiger partial charge is 0.169 e. The van der Waals surface area contributed by atoms with Gasteiger partial charge in [-0.2, -0.15) is 0 Å². The topological polar surface area (TPSA) is 20.2 Å². The fraction of sp³-hybridized carbons (Fsp3) is 0.667. The van der Waals surface area contributed by atoms with Gasteiger partial charge in [-0.15, -0.1) is 0 Å². The predicted molar refractivity (Wildman–Crippen MR) is 82.1 cm³/mol. The minimum absolute atomic E-state index is 0.446. The quantitative estimate of drug-likeness (QED) is 0.839. The molecule has 3 nitrogen and oxygen atoms in total. The van der Waals surface area contributed by atoms with Crippen molar-refractivity contribution in [3.63, 3.8) is 0 Å². The summed E-state index contributed by atoms with van der Waals surface area (Å²) in [6.45, 7) is 1.09. The summed E-state index contributed by atoms with van der Waals surface area (Å²) in [7, 11) is 2.13. The summed E-state index contributed by atoms with van der Waals surface area (Å²) < 4.78 is 2.24. The van der Waals surface area contributed by atoms with Crippen molar-refractivity contribution in [2.45, 2.75) is 50.6 Å². The zero-order valence-electron chi connectivity index (χ0n) is 11.6. The molecule has 19 heavy (non-hydrogen) atoms. The Balaban J connectivity index is 1.79. The third kappa shape index (κ3) is 2.94. The van der Waals surface area contributed by atoms with Crippen LogP contribution in [0.1, 0.15) is 50.3 Å². The number of nitrogens with one attached hydrogen (secondary N) is 1. The van der Waals surface area contributed by atoms with Crippen LogP contribution in [0.3, 0.4) is 0 Å². The number of hydrogen-bond donors (Lipinski definition) is 1. The Kier molecular flexibility index (Phi) is 3.78. The first-order chi connectivity index (χ1) is 9.25. The summed E-state index contributed by atoms with van der Waals surface area (Å²) in [5.74, 6) is 0. The largest absolute Gasteiger partial charge is 0.360 e. The van der Waals surface area contributed by atoms with Gasteiger partial charge >= 0.3 is 0 Å². The molecule has 104 valence electrons. The molecular weight excluding hydrogens is 254 g/mol. The molecule has 4 heteroatoms. The van der Waals surface area contributed by atoms with E-state index in [9.17, 15) is 0 Å². The monoisotopic (exact) mass is 277 g/mol. The van der Waals surface area contributed by atoms with Crippen LogP contribution in [-0.4, -0.2) is 27.2 Å². The lowest BCUT2D eigenvalue weighted by Gasteiger charge is -2.33. The Morgan fingerprint density at radius 3 is 2.79 bits per heavy atom. The SMILES string of the molecule is Cn1cccc1[C@@H]1CCCCCN1C(=S)NC1CC1. The highest BCUT2D eigenvalue weighted by Gasteiger charge is 2.29. The van der Waals surface area contributed by atoms with Crippen molar-refractivity contribution in [3.8, 4) is 0 Å². The fourth-order valence-electron chi connectivity index (χ4n) is 2.96. The van der Waals surface area contributed by atoms with Crippen molar-refractivity contribution in [2.24, 2.45) is 7.05 Å². The summed E-state index contributed by atoms with van der Waals surface area (Å²) in [6.07, 6.45) is 9.79. The molecule has 1 aliphatic heterocycles. The fourth-order valence-corrected chi connectivity index (χ4v) is 3.35. The van der Waals surface area contributed by atoms with Crippen molar-refractivity contribution >= 4 is 17.3 Å². The molecule has 1 N–H and O–H groups in total. The summed E-state index contributed by atoms with van der Waals surface area (Å²) in [4.78, 5) is 2.43. The van der Waals surface area contributed by atoms with E-state index >= 15 is 0 Å². The highest BCUT2D eigenvalue weighted by Crippen LogP contribution is 2.31. The zero-order valence-corrected chi connectivity index (χ0v) is 12.5. The number of nitrogens with zero attached hydrogens (tertiary/aromatic N) is 2. The van der Waals surface area contributed by atoms with Gasteiger partial charge in [0.05, 0.1) is 6.04 Å². The second kappa shape index (κ2) is 5.53. The molecule has 1 aliphatic carbocycles. The van der Waals surface area contributed by atoms with Gasteiger partial charge in [0.15, 0.2) is 5.11 Å². The molecule has 1 saturated carbocycles. The lowest BCUT2D eigenvalue weighted by atomic mass is 10.1. The van der Waals surface area contributed by atoms with Gasteiger partial charge in [0, 0.05) is 31.5 Å². The molecule has 0 unspecified atom stereocenters. The zero-order chi connectivity index (χ0) is 13.2. The third-order valence-electron chi connectivity index (χ3n) is 4.24. The predicted octanol–water partition coefficient (Wildman–Crippen LogP) is 2.98. The molecule has 0 aromatic carbocycles. The Hall–Kier alpha value is -1.03.